The van der Waals surface area contributed by atoms with Crippen molar-refractivity contribution in [3.8, 4) is 0 Å². The summed E-state index contributed by atoms with van der Waals surface area (Å²) in [6, 6.07) is 4.34. The molecule has 0 N–H and O–H groups in total. The van der Waals surface area contributed by atoms with E-state index in [2.05, 4.69) is 0 Å². The molecule has 0 bridgehead atoms. The summed E-state index contributed by atoms with van der Waals surface area (Å²) in [5, 5.41) is 0. The third kappa shape index (κ3) is 2.66. The van der Waals surface area contributed by atoms with Gasteiger partial charge < -0.3 is 0 Å². The Balaban J connectivity index is 2.33. The minimum atomic E-state index is -3.26. The van der Waals surface area contributed by atoms with E-state index in [-0.39, 0.29) is 11.6 Å². The number of rotatable bonds is 4. The van der Waals surface area contributed by atoms with Crippen LogP contribution >= 0.6 is 0 Å². The van der Waals surface area contributed by atoms with E-state index in [0.29, 0.717) is 18.7 Å². The normalized spacial score (nSPS) is 15.6. The lowest BCUT2D eigenvalue weighted by Crippen LogP contribution is -2.37. The van der Waals surface area contributed by atoms with Crippen molar-refractivity contribution in [3.05, 3.63) is 29.6 Å². The molecule has 0 radical (unpaired) electrons. The lowest BCUT2D eigenvalue weighted by atomic mass is 10.0. The number of halogens is 1. The highest BCUT2D eigenvalue weighted by molar-refractivity contribution is 7.92. The van der Waals surface area contributed by atoms with Crippen LogP contribution < -0.4 is 4.31 Å². The fourth-order valence-electron chi connectivity index (χ4n) is 2.26. The molecule has 0 atom stereocenters. The second-order valence-corrected chi connectivity index (χ2v) is 6.63. The van der Waals surface area contributed by atoms with Crippen LogP contribution in [0.1, 0.15) is 31.7 Å². The van der Waals surface area contributed by atoms with Gasteiger partial charge in [-0.25, -0.2) is 12.8 Å². The number of unbranched alkanes of at least 4 members (excludes halogenated alkanes) is 1. The zero-order valence-corrected chi connectivity index (χ0v) is 11.3. The van der Waals surface area contributed by atoms with Gasteiger partial charge in [0.1, 0.15) is 5.82 Å². The molecule has 0 amide bonds. The van der Waals surface area contributed by atoms with Gasteiger partial charge in [0.25, 0.3) is 0 Å². The molecular formula is C13H18FNO2S. The van der Waals surface area contributed by atoms with Gasteiger partial charge in [-0.1, -0.05) is 13.3 Å². The number of hydrogen-bond acceptors (Lipinski definition) is 2. The molecule has 0 saturated heterocycles. The van der Waals surface area contributed by atoms with Gasteiger partial charge in [0, 0.05) is 6.54 Å². The molecule has 0 unspecified atom stereocenters. The van der Waals surface area contributed by atoms with E-state index < -0.39 is 10.0 Å². The molecule has 0 saturated carbocycles. The number of fused-ring (bicyclic) bond motifs is 1. The van der Waals surface area contributed by atoms with Gasteiger partial charge in [0.05, 0.1) is 11.4 Å². The molecule has 1 aliphatic heterocycles. The standard InChI is InChI=1S/C13H18FNO2S/c1-2-3-9-18(16,17)15-8-4-5-11-10-12(14)6-7-13(11)15/h6-7,10H,2-5,8-9H2,1H3. The smallest absolute Gasteiger partial charge is 0.235 e. The Labute approximate surface area is 108 Å². The molecule has 2 rings (SSSR count). The number of benzene rings is 1. The molecule has 1 aromatic rings. The summed E-state index contributed by atoms with van der Waals surface area (Å²) in [7, 11) is -3.26. The first-order valence-corrected chi connectivity index (χ1v) is 7.94. The van der Waals surface area contributed by atoms with Crippen molar-refractivity contribution in [1.82, 2.24) is 0 Å². The van der Waals surface area contributed by atoms with Crippen LogP contribution in [0.25, 0.3) is 0 Å². The van der Waals surface area contributed by atoms with E-state index in [1.54, 1.807) is 6.07 Å². The van der Waals surface area contributed by atoms with Gasteiger partial charge in [0.15, 0.2) is 0 Å². The minimum absolute atomic E-state index is 0.167. The fraction of sp³-hybridized carbons (Fsp3) is 0.538. The zero-order chi connectivity index (χ0) is 13.2. The van der Waals surface area contributed by atoms with Crippen molar-refractivity contribution in [2.24, 2.45) is 0 Å². The van der Waals surface area contributed by atoms with Gasteiger partial charge in [-0.05, 0) is 43.0 Å². The highest BCUT2D eigenvalue weighted by atomic mass is 32.2. The van der Waals surface area contributed by atoms with Crippen molar-refractivity contribution in [1.29, 1.82) is 0 Å². The molecule has 0 fully saturated rings. The third-order valence-electron chi connectivity index (χ3n) is 3.21. The summed E-state index contributed by atoms with van der Waals surface area (Å²) in [5.41, 5.74) is 1.44. The first-order valence-electron chi connectivity index (χ1n) is 6.33. The highest BCUT2D eigenvalue weighted by Crippen LogP contribution is 2.30. The maximum absolute atomic E-state index is 13.2. The SMILES string of the molecule is CCCCS(=O)(=O)N1CCCc2cc(F)ccc21. The molecule has 1 aliphatic rings. The van der Waals surface area contributed by atoms with Gasteiger partial charge in [0.2, 0.25) is 10.0 Å². The number of aryl methyl sites for hydroxylation is 1. The van der Waals surface area contributed by atoms with E-state index in [9.17, 15) is 12.8 Å². The Morgan fingerprint density at radius 3 is 2.89 bits per heavy atom. The molecule has 1 heterocycles. The van der Waals surface area contributed by atoms with Crippen LogP contribution in [-0.2, 0) is 16.4 Å². The first-order chi connectivity index (χ1) is 8.54. The van der Waals surface area contributed by atoms with E-state index in [4.69, 9.17) is 0 Å². The van der Waals surface area contributed by atoms with Crippen LogP contribution in [0.3, 0.4) is 0 Å². The molecule has 0 spiro atoms. The summed E-state index contributed by atoms with van der Waals surface area (Å²) < 4.78 is 39.0. The first kappa shape index (κ1) is 13.3. The van der Waals surface area contributed by atoms with Crippen molar-refractivity contribution < 1.29 is 12.8 Å². The highest BCUT2D eigenvalue weighted by Gasteiger charge is 2.26. The Hall–Kier alpha value is -1.10. The van der Waals surface area contributed by atoms with Gasteiger partial charge in [-0.3, -0.25) is 4.31 Å². The summed E-state index contributed by atoms with van der Waals surface area (Å²) in [5.74, 6) is -0.137. The monoisotopic (exact) mass is 271 g/mol. The van der Waals surface area contributed by atoms with Gasteiger partial charge in [-0.2, -0.15) is 0 Å². The third-order valence-corrected chi connectivity index (χ3v) is 5.06. The molecule has 18 heavy (non-hydrogen) atoms. The second kappa shape index (κ2) is 5.26. The van der Waals surface area contributed by atoms with E-state index in [1.165, 1.54) is 16.4 Å². The Morgan fingerprint density at radius 1 is 1.39 bits per heavy atom. The summed E-state index contributed by atoms with van der Waals surface area (Å²) in [4.78, 5) is 0. The van der Waals surface area contributed by atoms with Gasteiger partial charge >= 0.3 is 0 Å². The summed E-state index contributed by atoms with van der Waals surface area (Å²) in [6.45, 7) is 2.47. The number of nitrogens with zero attached hydrogens (tertiary/aromatic N) is 1. The maximum Gasteiger partial charge on any atom is 0.235 e. The molecule has 1 aromatic carbocycles. The molecular weight excluding hydrogens is 253 g/mol. The predicted octanol–water partition coefficient (Wildman–Crippen LogP) is 2.71. The van der Waals surface area contributed by atoms with Crippen molar-refractivity contribution in [2.75, 3.05) is 16.6 Å². The van der Waals surface area contributed by atoms with Crippen LogP contribution in [0, 0.1) is 5.82 Å². The molecule has 0 aromatic heterocycles. The minimum Gasteiger partial charge on any atom is -0.270 e. The number of anilines is 1. The van der Waals surface area contributed by atoms with Crippen LogP contribution in [-0.4, -0.2) is 20.7 Å². The summed E-state index contributed by atoms with van der Waals surface area (Å²) in [6.07, 6.45) is 3.01. The fourth-order valence-corrected chi connectivity index (χ4v) is 4.02. The van der Waals surface area contributed by atoms with Crippen LogP contribution in [0.5, 0.6) is 0 Å². The molecule has 5 heteroatoms. The Morgan fingerprint density at radius 2 is 2.17 bits per heavy atom. The van der Waals surface area contributed by atoms with E-state index in [0.717, 1.165) is 24.8 Å². The van der Waals surface area contributed by atoms with Crippen molar-refractivity contribution in [2.45, 2.75) is 32.6 Å². The average molecular weight is 271 g/mol. The topological polar surface area (TPSA) is 37.4 Å². The van der Waals surface area contributed by atoms with Crippen LogP contribution in [0.2, 0.25) is 0 Å². The predicted molar refractivity (Wildman–Crippen MR) is 70.8 cm³/mol. The van der Waals surface area contributed by atoms with Gasteiger partial charge in [-0.15, -0.1) is 0 Å². The maximum atomic E-state index is 13.2. The molecule has 3 nitrogen and oxygen atoms in total. The Kier molecular flexibility index (Phi) is 3.90. The molecule has 100 valence electrons. The molecule has 0 aliphatic carbocycles. The number of hydrogen-bond donors (Lipinski definition) is 0. The lowest BCUT2D eigenvalue weighted by Gasteiger charge is -2.30. The van der Waals surface area contributed by atoms with Crippen molar-refractivity contribution >= 4 is 15.7 Å². The summed E-state index contributed by atoms with van der Waals surface area (Å²) >= 11 is 0. The quantitative estimate of drug-likeness (QED) is 0.844. The van der Waals surface area contributed by atoms with Crippen LogP contribution in [0.15, 0.2) is 18.2 Å². The Bertz CT molecular complexity index is 528. The zero-order valence-electron chi connectivity index (χ0n) is 10.5. The largest absolute Gasteiger partial charge is 0.270 e. The average Bonchev–Trinajstić information content (AvgIpc) is 2.35. The van der Waals surface area contributed by atoms with Crippen LogP contribution in [0.4, 0.5) is 10.1 Å². The second-order valence-electron chi connectivity index (χ2n) is 4.62. The van der Waals surface area contributed by atoms with E-state index in [1.807, 2.05) is 6.92 Å². The number of sulfonamides is 1. The van der Waals surface area contributed by atoms with E-state index >= 15 is 0 Å². The van der Waals surface area contributed by atoms with Crippen molar-refractivity contribution in [3.63, 3.8) is 0 Å². The lowest BCUT2D eigenvalue weighted by molar-refractivity contribution is 0.582.